The van der Waals surface area contributed by atoms with Gasteiger partial charge in [-0.25, -0.2) is 4.98 Å². The van der Waals surface area contributed by atoms with Gasteiger partial charge in [-0.3, -0.25) is 18.8 Å². The molecule has 4 aromatic rings. The maximum absolute atomic E-state index is 12.7. The normalized spacial score (nSPS) is 11.0. The van der Waals surface area contributed by atoms with E-state index in [0.717, 1.165) is 16.7 Å². The minimum Gasteiger partial charge on any atom is -0.494 e. The number of pyridine rings is 1. The van der Waals surface area contributed by atoms with Crippen LogP contribution in [0.3, 0.4) is 0 Å². The smallest absolute Gasteiger partial charge is 0.259 e. The first kappa shape index (κ1) is 18.5. The van der Waals surface area contributed by atoms with Crippen LogP contribution in [0.15, 0.2) is 53.8 Å². The molecule has 0 atom stereocenters. The Morgan fingerprint density at radius 1 is 1.31 bits per heavy atom. The molecule has 0 spiro atoms. The van der Waals surface area contributed by atoms with Crippen LogP contribution >= 0.6 is 0 Å². The van der Waals surface area contributed by atoms with Gasteiger partial charge in [0.05, 0.1) is 24.1 Å². The number of hydrogen-bond acceptors (Lipinski definition) is 5. The van der Waals surface area contributed by atoms with E-state index in [9.17, 15) is 9.59 Å². The maximum atomic E-state index is 12.7. The Labute approximate surface area is 166 Å². The van der Waals surface area contributed by atoms with Gasteiger partial charge in [-0.2, -0.15) is 5.10 Å². The van der Waals surface area contributed by atoms with Crippen molar-refractivity contribution in [3.63, 3.8) is 0 Å². The van der Waals surface area contributed by atoms with Crippen molar-refractivity contribution in [3.8, 4) is 22.8 Å². The average Bonchev–Trinajstić information content (AvgIpc) is 3.37. The van der Waals surface area contributed by atoms with Crippen molar-refractivity contribution in [1.29, 1.82) is 0 Å². The zero-order valence-electron chi connectivity index (χ0n) is 16.0. The Morgan fingerprint density at radius 3 is 2.97 bits per heavy atom. The van der Waals surface area contributed by atoms with Crippen molar-refractivity contribution in [3.05, 3.63) is 59.4 Å². The predicted octanol–water partition coefficient (Wildman–Crippen LogP) is 1.72. The van der Waals surface area contributed by atoms with Crippen LogP contribution < -0.4 is 15.6 Å². The molecule has 0 bridgehead atoms. The Hall–Kier alpha value is -3.88. The Balaban J connectivity index is 1.76. The molecule has 3 heterocycles. The predicted molar refractivity (Wildman–Crippen MR) is 108 cm³/mol. The van der Waals surface area contributed by atoms with Gasteiger partial charge in [-0.15, -0.1) is 0 Å². The molecule has 0 aliphatic rings. The zero-order valence-corrected chi connectivity index (χ0v) is 16.0. The summed E-state index contributed by atoms with van der Waals surface area (Å²) in [6.45, 7) is 2.59. The molecule has 0 aliphatic heterocycles. The molecular weight excluding hydrogens is 372 g/mol. The van der Waals surface area contributed by atoms with Gasteiger partial charge in [0.2, 0.25) is 5.91 Å². The fourth-order valence-electron chi connectivity index (χ4n) is 3.11. The maximum Gasteiger partial charge on any atom is 0.259 e. The number of carbonyl (C=O) groups is 1. The van der Waals surface area contributed by atoms with E-state index in [1.807, 2.05) is 25.1 Å². The number of rotatable bonds is 6. The third-order valence-corrected chi connectivity index (χ3v) is 4.49. The molecule has 4 rings (SSSR count). The van der Waals surface area contributed by atoms with E-state index in [2.05, 4.69) is 20.4 Å². The third kappa shape index (κ3) is 3.62. The van der Waals surface area contributed by atoms with Crippen LogP contribution in [0.2, 0.25) is 0 Å². The number of aromatic nitrogens is 5. The van der Waals surface area contributed by atoms with Crippen molar-refractivity contribution in [2.75, 3.05) is 13.7 Å². The number of imidazole rings is 1. The van der Waals surface area contributed by atoms with Gasteiger partial charge in [0.25, 0.3) is 5.56 Å². The largest absolute Gasteiger partial charge is 0.494 e. The summed E-state index contributed by atoms with van der Waals surface area (Å²) in [6, 6.07) is 7.32. The number of nitrogens with zero attached hydrogens (tertiary/aromatic N) is 4. The number of H-pyrrole nitrogens is 1. The first-order valence-electron chi connectivity index (χ1n) is 9.16. The molecule has 0 unspecified atom stereocenters. The first-order chi connectivity index (χ1) is 14.1. The minimum atomic E-state index is -0.244. The molecular formula is C20H20N6O3. The molecule has 9 heteroatoms. The quantitative estimate of drug-likeness (QED) is 0.520. The molecule has 0 saturated carbocycles. The lowest BCUT2D eigenvalue weighted by Gasteiger charge is -2.08. The monoisotopic (exact) mass is 392 g/mol. The van der Waals surface area contributed by atoms with Crippen molar-refractivity contribution >= 4 is 16.8 Å². The van der Waals surface area contributed by atoms with Gasteiger partial charge in [0.15, 0.2) is 0 Å². The number of hydrogen-bond donors (Lipinski definition) is 2. The highest BCUT2D eigenvalue weighted by molar-refractivity contribution is 5.84. The number of carbonyl (C=O) groups excluding carboxylic acids is 1. The summed E-state index contributed by atoms with van der Waals surface area (Å²) in [6.07, 6.45) is 6.71. The van der Waals surface area contributed by atoms with E-state index < -0.39 is 0 Å². The van der Waals surface area contributed by atoms with Crippen LogP contribution in [0.25, 0.3) is 28.0 Å². The minimum absolute atomic E-state index is 0.108. The Morgan fingerprint density at radius 2 is 2.17 bits per heavy atom. The van der Waals surface area contributed by atoms with Crippen LogP contribution in [0.1, 0.15) is 6.92 Å². The van der Waals surface area contributed by atoms with Gasteiger partial charge in [-0.1, -0.05) is 0 Å². The second kappa shape index (κ2) is 7.63. The number of nitrogens with one attached hydrogen (secondary N) is 2. The number of benzene rings is 1. The van der Waals surface area contributed by atoms with Crippen molar-refractivity contribution in [2.45, 2.75) is 13.5 Å². The number of fused-ring (bicyclic) bond motifs is 1. The van der Waals surface area contributed by atoms with Gasteiger partial charge < -0.3 is 15.0 Å². The molecule has 29 heavy (non-hydrogen) atoms. The molecule has 3 aromatic heterocycles. The fraction of sp³-hybridized carbons (Fsp3) is 0.200. The van der Waals surface area contributed by atoms with E-state index in [1.54, 1.807) is 42.5 Å². The highest BCUT2D eigenvalue weighted by Gasteiger charge is 2.14. The van der Waals surface area contributed by atoms with Crippen molar-refractivity contribution < 1.29 is 9.53 Å². The Bertz CT molecular complexity index is 1240. The lowest BCUT2D eigenvalue weighted by Crippen LogP contribution is -2.23. The van der Waals surface area contributed by atoms with E-state index in [-0.39, 0.29) is 18.0 Å². The van der Waals surface area contributed by atoms with Crippen LogP contribution in [0.5, 0.6) is 5.75 Å². The van der Waals surface area contributed by atoms with Gasteiger partial charge in [0, 0.05) is 36.5 Å². The summed E-state index contributed by atoms with van der Waals surface area (Å²) in [5, 5.41) is 7.61. The van der Waals surface area contributed by atoms with Crippen molar-refractivity contribution in [1.82, 2.24) is 29.6 Å². The lowest BCUT2D eigenvalue weighted by atomic mass is 10.1. The number of aromatic amines is 1. The number of likely N-dealkylation sites (N-methyl/N-ethyl adjacent to an activating group) is 1. The van der Waals surface area contributed by atoms with Gasteiger partial charge >= 0.3 is 0 Å². The van der Waals surface area contributed by atoms with Crippen LogP contribution in [-0.4, -0.2) is 43.9 Å². The molecule has 1 aromatic carbocycles. The van der Waals surface area contributed by atoms with Crippen LogP contribution in [0.4, 0.5) is 0 Å². The topological polar surface area (TPSA) is 107 Å². The van der Waals surface area contributed by atoms with Crippen molar-refractivity contribution in [2.24, 2.45) is 0 Å². The van der Waals surface area contributed by atoms with E-state index in [4.69, 9.17) is 4.74 Å². The molecule has 1 amide bonds. The molecule has 0 aliphatic carbocycles. The van der Waals surface area contributed by atoms with Gasteiger partial charge in [-0.05, 0) is 31.2 Å². The van der Waals surface area contributed by atoms with Crippen LogP contribution in [0, 0.1) is 0 Å². The first-order valence-corrected chi connectivity index (χ1v) is 9.16. The summed E-state index contributed by atoms with van der Waals surface area (Å²) < 4.78 is 8.84. The second-order valence-electron chi connectivity index (χ2n) is 6.38. The molecule has 0 saturated heterocycles. The number of amides is 1. The summed E-state index contributed by atoms with van der Waals surface area (Å²) in [5.41, 5.74) is 1.60. The van der Waals surface area contributed by atoms with E-state index in [1.165, 1.54) is 4.68 Å². The molecule has 0 fully saturated rings. The van der Waals surface area contributed by atoms with Crippen LogP contribution in [-0.2, 0) is 11.3 Å². The molecule has 9 nitrogen and oxygen atoms in total. The highest BCUT2D eigenvalue weighted by atomic mass is 16.5. The Kier molecular flexibility index (Phi) is 4.86. The average molecular weight is 392 g/mol. The molecule has 2 N–H and O–H groups in total. The number of ether oxygens (including phenoxy) is 1. The zero-order chi connectivity index (χ0) is 20.4. The molecule has 148 valence electrons. The SMILES string of the molecule is CCOc1ccc2[nH]c(=O)c(-c3nccn3-c3cnn(CC(=O)NC)c3)cc2c1. The van der Waals surface area contributed by atoms with E-state index in [0.29, 0.717) is 23.7 Å². The summed E-state index contributed by atoms with van der Waals surface area (Å²) in [4.78, 5) is 31.5. The summed E-state index contributed by atoms with van der Waals surface area (Å²) in [5.74, 6) is 1.06. The third-order valence-electron chi connectivity index (χ3n) is 4.49. The fourth-order valence-corrected chi connectivity index (χ4v) is 3.11. The van der Waals surface area contributed by atoms with E-state index >= 15 is 0 Å². The summed E-state index contributed by atoms with van der Waals surface area (Å²) in [7, 11) is 1.57. The second-order valence-corrected chi connectivity index (χ2v) is 6.38. The standard InChI is InChI=1S/C20H20N6O3/c1-3-29-15-4-5-17-13(8-15)9-16(20(28)24-17)19-22-6-7-26(19)14-10-23-25(11-14)12-18(27)21-2/h4-11H,3,12H2,1-2H3,(H,21,27)(H,24,28). The molecule has 0 radical (unpaired) electrons. The highest BCUT2D eigenvalue weighted by Crippen LogP contribution is 2.24. The van der Waals surface area contributed by atoms with Gasteiger partial charge in [0.1, 0.15) is 18.1 Å². The summed E-state index contributed by atoms with van der Waals surface area (Å²) >= 11 is 0. The lowest BCUT2D eigenvalue weighted by molar-refractivity contribution is -0.121.